The maximum Gasteiger partial charge on any atom is 0.310 e. The smallest absolute Gasteiger partial charge is 0.310 e. The maximum atomic E-state index is 11.9. The van der Waals surface area contributed by atoms with Crippen molar-refractivity contribution in [1.82, 2.24) is 4.90 Å². The van der Waals surface area contributed by atoms with Crippen molar-refractivity contribution in [2.75, 3.05) is 19.3 Å². The Morgan fingerprint density at radius 2 is 1.74 bits per heavy atom. The van der Waals surface area contributed by atoms with E-state index in [0.29, 0.717) is 5.56 Å². The van der Waals surface area contributed by atoms with Gasteiger partial charge in [0.25, 0.3) is 5.91 Å². The number of likely N-dealkylation sites (tertiary alicyclic amines) is 1. The predicted octanol–water partition coefficient (Wildman–Crippen LogP) is 0.247. The van der Waals surface area contributed by atoms with Crippen LogP contribution in [0.1, 0.15) is 10.4 Å². The Hall–Kier alpha value is -1.89. The molecule has 0 saturated carbocycles. The lowest BCUT2D eigenvalue weighted by molar-refractivity contribution is -0.146. The van der Waals surface area contributed by atoms with Gasteiger partial charge in [0.2, 0.25) is 0 Å². The molecular weight excluding hydrogens is 270 g/mol. The molecular formula is C12H13NO5S. The van der Waals surface area contributed by atoms with E-state index in [1.807, 2.05) is 0 Å². The molecule has 1 amide bonds. The van der Waals surface area contributed by atoms with Gasteiger partial charge in [-0.3, -0.25) is 9.59 Å². The topological polar surface area (TPSA) is 91.8 Å². The van der Waals surface area contributed by atoms with E-state index in [9.17, 15) is 18.0 Å². The quantitative estimate of drug-likeness (QED) is 0.858. The highest BCUT2D eigenvalue weighted by molar-refractivity contribution is 7.90. The number of carbonyl (C=O) groups excluding carboxylic acids is 1. The zero-order valence-electron chi connectivity index (χ0n) is 10.2. The van der Waals surface area contributed by atoms with Crippen LogP contribution in [-0.4, -0.2) is 49.6 Å². The second-order valence-electron chi connectivity index (χ2n) is 4.54. The molecule has 2 rings (SSSR count). The molecule has 0 radical (unpaired) electrons. The highest BCUT2D eigenvalue weighted by atomic mass is 32.2. The molecule has 1 aromatic carbocycles. The van der Waals surface area contributed by atoms with Gasteiger partial charge in [-0.1, -0.05) is 0 Å². The summed E-state index contributed by atoms with van der Waals surface area (Å²) in [5.74, 6) is -1.69. The Kier molecular flexibility index (Phi) is 3.32. The third kappa shape index (κ3) is 2.76. The normalized spacial score (nSPS) is 15.9. The van der Waals surface area contributed by atoms with Crippen LogP contribution in [0, 0.1) is 5.92 Å². The summed E-state index contributed by atoms with van der Waals surface area (Å²) in [7, 11) is -3.28. The van der Waals surface area contributed by atoms with Crippen LogP contribution < -0.4 is 0 Å². The zero-order valence-corrected chi connectivity index (χ0v) is 11.1. The SMILES string of the molecule is CS(=O)(=O)c1ccc(C(=O)N2CC(C(=O)O)C2)cc1. The van der Waals surface area contributed by atoms with E-state index in [0.717, 1.165) is 6.26 Å². The molecule has 0 aromatic heterocycles. The molecule has 1 aliphatic rings. The molecule has 1 saturated heterocycles. The van der Waals surface area contributed by atoms with Crippen molar-refractivity contribution in [2.45, 2.75) is 4.90 Å². The van der Waals surface area contributed by atoms with E-state index < -0.39 is 21.7 Å². The minimum atomic E-state index is -3.28. The van der Waals surface area contributed by atoms with Crippen LogP contribution in [0.3, 0.4) is 0 Å². The number of carboxylic acid groups (broad SMARTS) is 1. The minimum absolute atomic E-state index is 0.149. The van der Waals surface area contributed by atoms with Gasteiger partial charge < -0.3 is 10.0 Å². The summed E-state index contributed by atoms with van der Waals surface area (Å²) in [4.78, 5) is 24.2. The van der Waals surface area contributed by atoms with Gasteiger partial charge in [-0.15, -0.1) is 0 Å². The van der Waals surface area contributed by atoms with Gasteiger partial charge in [0.05, 0.1) is 10.8 Å². The van der Waals surface area contributed by atoms with Gasteiger partial charge in [-0.2, -0.15) is 0 Å². The first-order chi connectivity index (χ1) is 8.79. The molecule has 7 heteroatoms. The van der Waals surface area contributed by atoms with E-state index in [1.165, 1.54) is 29.2 Å². The number of aliphatic carboxylic acids is 1. The molecule has 0 atom stereocenters. The number of sulfone groups is 1. The molecule has 0 bridgehead atoms. The third-order valence-corrected chi connectivity index (χ3v) is 4.18. The van der Waals surface area contributed by atoms with Crippen LogP contribution in [0.15, 0.2) is 29.2 Å². The minimum Gasteiger partial charge on any atom is -0.481 e. The van der Waals surface area contributed by atoms with Crippen LogP contribution in [0.25, 0.3) is 0 Å². The van der Waals surface area contributed by atoms with Crippen molar-refractivity contribution < 1.29 is 23.1 Å². The molecule has 0 aliphatic carbocycles. The second kappa shape index (κ2) is 4.65. The van der Waals surface area contributed by atoms with Crippen molar-refractivity contribution in [3.63, 3.8) is 0 Å². The van der Waals surface area contributed by atoms with Crippen molar-refractivity contribution in [3.05, 3.63) is 29.8 Å². The summed E-state index contributed by atoms with van der Waals surface area (Å²) in [5.41, 5.74) is 0.358. The Morgan fingerprint density at radius 3 is 2.16 bits per heavy atom. The van der Waals surface area contributed by atoms with E-state index in [4.69, 9.17) is 5.11 Å². The summed E-state index contributed by atoms with van der Waals surface area (Å²) < 4.78 is 22.5. The number of nitrogens with zero attached hydrogens (tertiary/aromatic N) is 1. The fourth-order valence-corrected chi connectivity index (χ4v) is 2.46. The average Bonchev–Trinajstić information content (AvgIpc) is 2.25. The zero-order chi connectivity index (χ0) is 14.2. The number of carbonyl (C=O) groups is 2. The molecule has 6 nitrogen and oxygen atoms in total. The lowest BCUT2D eigenvalue weighted by atomic mass is 9.99. The van der Waals surface area contributed by atoms with Gasteiger partial charge in [0.1, 0.15) is 0 Å². The van der Waals surface area contributed by atoms with Crippen LogP contribution in [0.4, 0.5) is 0 Å². The molecule has 0 spiro atoms. The van der Waals surface area contributed by atoms with Crippen molar-refractivity contribution in [3.8, 4) is 0 Å². The molecule has 1 aliphatic heterocycles. The second-order valence-corrected chi connectivity index (χ2v) is 6.56. The van der Waals surface area contributed by atoms with Crippen molar-refractivity contribution in [1.29, 1.82) is 0 Å². The van der Waals surface area contributed by atoms with E-state index >= 15 is 0 Å². The van der Waals surface area contributed by atoms with Gasteiger partial charge >= 0.3 is 5.97 Å². The highest BCUT2D eigenvalue weighted by Crippen LogP contribution is 2.19. The number of hydrogen-bond donors (Lipinski definition) is 1. The molecule has 102 valence electrons. The lowest BCUT2D eigenvalue weighted by Crippen LogP contribution is -2.53. The molecule has 1 fully saturated rings. The first-order valence-electron chi connectivity index (χ1n) is 5.61. The lowest BCUT2D eigenvalue weighted by Gasteiger charge is -2.36. The van der Waals surface area contributed by atoms with Crippen LogP contribution in [-0.2, 0) is 14.6 Å². The Bertz CT molecular complexity index is 614. The molecule has 1 heterocycles. The number of hydrogen-bond acceptors (Lipinski definition) is 4. The maximum absolute atomic E-state index is 11.9. The van der Waals surface area contributed by atoms with Crippen molar-refractivity contribution >= 4 is 21.7 Å². The molecule has 19 heavy (non-hydrogen) atoms. The standard InChI is InChI=1S/C12H13NO5S/c1-19(17,18)10-4-2-8(3-5-10)11(14)13-6-9(7-13)12(15)16/h2-5,9H,6-7H2,1H3,(H,15,16). The molecule has 1 aromatic rings. The van der Waals surface area contributed by atoms with Crippen LogP contribution >= 0.6 is 0 Å². The third-order valence-electron chi connectivity index (χ3n) is 3.05. The van der Waals surface area contributed by atoms with Gasteiger partial charge in [-0.25, -0.2) is 8.42 Å². The largest absolute Gasteiger partial charge is 0.481 e. The average molecular weight is 283 g/mol. The summed E-state index contributed by atoms with van der Waals surface area (Å²) in [5, 5.41) is 8.72. The molecule has 0 unspecified atom stereocenters. The number of benzene rings is 1. The van der Waals surface area contributed by atoms with Crippen LogP contribution in [0.2, 0.25) is 0 Å². The first-order valence-corrected chi connectivity index (χ1v) is 7.50. The van der Waals surface area contributed by atoms with E-state index in [2.05, 4.69) is 0 Å². The summed E-state index contributed by atoms with van der Waals surface area (Å²) in [6.45, 7) is 0.393. The Morgan fingerprint density at radius 1 is 1.21 bits per heavy atom. The van der Waals surface area contributed by atoms with Gasteiger partial charge in [0.15, 0.2) is 9.84 Å². The van der Waals surface area contributed by atoms with Crippen molar-refractivity contribution in [2.24, 2.45) is 5.92 Å². The van der Waals surface area contributed by atoms with Gasteiger partial charge in [-0.05, 0) is 24.3 Å². The van der Waals surface area contributed by atoms with Gasteiger partial charge in [0, 0.05) is 24.9 Å². The monoisotopic (exact) mass is 283 g/mol. The highest BCUT2D eigenvalue weighted by Gasteiger charge is 2.35. The fraction of sp³-hybridized carbons (Fsp3) is 0.333. The summed E-state index contributed by atoms with van der Waals surface area (Å²) in [6.07, 6.45) is 1.09. The fourth-order valence-electron chi connectivity index (χ4n) is 1.83. The number of rotatable bonds is 3. The van der Waals surface area contributed by atoms with E-state index in [1.54, 1.807) is 0 Å². The number of amides is 1. The van der Waals surface area contributed by atoms with Crippen LogP contribution in [0.5, 0.6) is 0 Å². The first kappa shape index (κ1) is 13.5. The predicted molar refractivity (Wildman–Crippen MR) is 66.6 cm³/mol. The Balaban J connectivity index is 2.08. The summed E-state index contributed by atoms with van der Waals surface area (Å²) >= 11 is 0. The molecule has 1 N–H and O–H groups in total. The Labute approximate surface area is 110 Å². The summed E-state index contributed by atoms with van der Waals surface area (Å²) in [6, 6.07) is 5.62. The number of carboxylic acids is 1. The van der Waals surface area contributed by atoms with E-state index in [-0.39, 0.29) is 23.9 Å².